The summed E-state index contributed by atoms with van der Waals surface area (Å²) in [6.45, 7) is 2.11. The first-order chi connectivity index (χ1) is 13.2. The maximum atomic E-state index is 12.5. The normalized spacial score (nSPS) is 15.5. The number of hydrogen-bond acceptors (Lipinski definition) is 4. The van der Waals surface area contributed by atoms with Gasteiger partial charge in [-0.1, -0.05) is 54.1 Å². The zero-order valence-corrected chi connectivity index (χ0v) is 15.5. The monoisotopic (exact) mass is 379 g/mol. The maximum absolute atomic E-state index is 12.5. The molecule has 2 heterocycles. The third kappa shape index (κ3) is 3.34. The number of rotatable bonds is 4. The molecule has 2 aromatic carbocycles. The molecule has 1 atom stereocenters. The largest absolute Gasteiger partial charge is 0.463 e. The van der Waals surface area contributed by atoms with E-state index in [9.17, 15) is 4.79 Å². The van der Waals surface area contributed by atoms with E-state index in [-0.39, 0.29) is 12.0 Å². The van der Waals surface area contributed by atoms with Gasteiger partial charge in [-0.3, -0.25) is 0 Å². The molecule has 0 saturated heterocycles. The fraction of sp³-hybridized carbons (Fsp3) is 0.143. The van der Waals surface area contributed by atoms with E-state index < -0.39 is 0 Å². The molecule has 0 saturated carbocycles. The molecule has 1 aromatic heterocycles. The highest BCUT2D eigenvalue weighted by molar-refractivity contribution is 6.30. The molecule has 1 aliphatic heterocycles. The van der Waals surface area contributed by atoms with Crippen molar-refractivity contribution in [3.05, 3.63) is 83.0 Å². The zero-order valence-electron chi connectivity index (χ0n) is 14.7. The lowest BCUT2D eigenvalue weighted by atomic mass is 9.98. The predicted molar refractivity (Wildman–Crippen MR) is 106 cm³/mol. The third-order valence-corrected chi connectivity index (χ3v) is 4.67. The van der Waals surface area contributed by atoms with Gasteiger partial charge < -0.3 is 10.1 Å². The molecule has 0 spiro atoms. The molecule has 3 aromatic rings. The highest BCUT2D eigenvalue weighted by atomic mass is 35.5. The average Bonchev–Trinajstić information content (AvgIpc) is 3.13. The van der Waals surface area contributed by atoms with Crippen molar-refractivity contribution in [3.63, 3.8) is 0 Å². The summed E-state index contributed by atoms with van der Waals surface area (Å²) in [6.07, 6.45) is 1.71. The number of aromatic nitrogens is 2. The summed E-state index contributed by atoms with van der Waals surface area (Å²) in [6, 6.07) is 18.9. The lowest BCUT2D eigenvalue weighted by Crippen LogP contribution is -2.26. The lowest BCUT2D eigenvalue weighted by molar-refractivity contribution is -0.139. The Kier molecular flexibility index (Phi) is 4.69. The zero-order chi connectivity index (χ0) is 18.8. The molecule has 0 bridgehead atoms. The summed E-state index contributed by atoms with van der Waals surface area (Å²) in [5, 5.41) is 8.60. The second-order valence-corrected chi connectivity index (χ2v) is 6.58. The van der Waals surface area contributed by atoms with Crippen molar-refractivity contribution in [1.82, 2.24) is 9.78 Å². The van der Waals surface area contributed by atoms with Crippen LogP contribution >= 0.6 is 11.6 Å². The second-order valence-electron chi connectivity index (χ2n) is 6.14. The molecular formula is C21H18ClN3O2. The Morgan fingerprint density at radius 3 is 2.63 bits per heavy atom. The van der Waals surface area contributed by atoms with Gasteiger partial charge in [-0.05, 0) is 24.6 Å². The minimum atomic E-state index is -0.359. The Morgan fingerprint density at radius 1 is 1.19 bits per heavy atom. The lowest BCUT2D eigenvalue weighted by Gasteiger charge is -2.26. The SMILES string of the molecule is CCOC(=O)C1=CNc2cc(-c3ccc(Cl)cc3)nn2[C@@H]1c1ccccc1. The smallest absolute Gasteiger partial charge is 0.338 e. The van der Waals surface area contributed by atoms with Gasteiger partial charge in [0.2, 0.25) is 0 Å². The van der Waals surface area contributed by atoms with E-state index in [1.807, 2.05) is 65.3 Å². The van der Waals surface area contributed by atoms with Gasteiger partial charge in [-0.15, -0.1) is 0 Å². The van der Waals surface area contributed by atoms with E-state index in [2.05, 4.69) is 5.32 Å². The van der Waals surface area contributed by atoms with Crippen LogP contribution in [0.2, 0.25) is 5.02 Å². The summed E-state index contributed by atoms with van der Waals surface area (Å²) in [5.74, 6) is 0.454. The minimum absolute atomic E-state index is 0.319. The van der Waals surface area contributed by atoms with Crippen LogP contribution in [0.5, 0.6) is 0 Å². The van der Waals surface area contributed by atoms with Gasteiger partial charge in [-0.25, -0.2) is 9.48 Å². The van der Waals surface area contributed by atoms with Gasteiger partial charge in [0, 0.05) is 22.9 Å². The number of fused-ring (bicyclic) bond motifs is 1. The van der Waals surface area contributed by atoms with E-state index in [4.69, 9.17) is 21.4 Å². The van der Waals surface area contributed by atoms with Crippen LogP contribution in [0.15, 0.2) is 72.4 Å². The molecule has 0 radical (unpaired) electrons. The van der Waals surface area contributed by atoms with Crippen molar-refractivity contribution in [3.8, 4) is 11.3 Å². The predicted octanol–water partition coefficient (Wildman–Crippen LogP) is 4.67. The van der Waals surface area contributed by atoms with Crippen LogP contribution in [0.3, 0.4) is 0 Å². The van der Waals surface area contributed by atoms with Crippen molar-refractivity contribution >= 4 is 23.4 Å². The van der Waals surface area contributed by atoms with Crippen molar-refractivity contribution in [2.75, 3.05) is 11.9 Å². The first-order valence-corrected chi connectivity index (χ1v) is 9.09. The Hall–Kier alpha value is -3.05. The molecule has 5 nitrogen and oxygen atoms in total. The molecule has 136 valence electrons. The number of carbonyl (C=O) groups is 1. The average molecular weight is 380 g/mol. The Balaban J connectivity index is 1.79. The molecule has 1 N–H and O–H groups in total. The molecular weight excluding hydrogens is 362 g/mol. The summed E-state index contributed by atoms with van der Waals surface area (Å²) >= 11 is 5.99. The number of nitrogens with zero attached hydrogens (tertiary/aromatic N) is 2. The highest BCUT2D eigenvalue weighted by Crippen LogP contribution is 2.35. The van der Waals surface area contributed by atoms with Gasteiger partial charge in [0.05, 0.1) is 17.9 Å². The number of nitrogens with one attached hydrogen (secondary N) is 1. The first-order valence-electron chi connectivity index (χ1n) is 8.71. The van der Waals surface area contributed by atoms with Crippen molar-refractivity contribution in [1.29, 1.82) is 0 Å². The molecule has 1 aliphatic rings. The quantitative estimate of drug-likeness (QED) is 0.669. The summed E-state index contributed by atoms with van der Waals surface area (Å²) in [5.41, 5.74) is 3.23. The van der Waals surface area contributed by atoms with Gasteiger partial charge in [0.15, 0.2) is 0 Å². The number of hydrogen-bond donors (Lipinski definition) is 1. The second kappa shape index (κ2) is 7.29. The van der Waals surface area contributed by atoms with Gasteiger partial charge in [0.1, 0.15) is 11.9 Å². The Bertz CT molecular complexity index is 994. The van der Waals surface area contributed by atoms with Crippen molar-refractivity contribution < 1.29 is 9.53 Å². The van der Waals surface area contributed by atoms with Gasteiger partial charge >= 0.3 is 5.97 Å². The molecule has 6 heteroatoms. The number of carbonyl (C=O) groups excluding carboxylic acids is 1. The first kappa shape index (κ1) is 17.4. The van der Waals surface area contributed by atoms with E-state index >= 15 is 0 Å². The van der Waals surface area contributed by atoms with E-state index in [1.54, 1.807) is 13.1 Å². The highest BCUT2D eigenvalue weighted by Gasteiger charge is 2.31. The number of halogens is 1. The van der Waals surface area contributed by atoms with Crippen LogP contribution < -0.4 is 5.32 Å². The Morgan fingerprint density at radius 2 is 1.93 bits per heavy atom. The molecule has 27 heavy (non-hydrogen) atoms. The molecule has 0 amide bonds. The van der Waals surface area contributed by atoms with E-state index in [1.165, 1.54) is 0 Å². The van der Waals surface area contributed by atoms with Crippen LogP contribution in [0, 0.1) is 0 Å². The standard InChI is InChI=1S/C21H18ClN3O2/c1-2-27-21(26)17-13-23-19-12-18(14-8-10-16(22)11-9-14)24-25(19)20(17)15-6-4-3-5-7-15/h3-13,20,23H,2H2,1H3/t20-/m1/s1. The topological polar surface area (TPSA) is 56.1 Å². The van der Waals surface area contributed by atoms with Crippen molar-refractivity contribution in [2.24, 2.45) is 0 Å². The summed E-state index contributed by atoms with van der Waals surface area (Å²) < 4.78 is 7.07. The summed E-state index contributed by atoms with van der Waals surface area (Å²) in [4.78, 5) is 12.5. The van der Waals surface area contributed by atoms with Crippen LogP contribution in [-0.4, -0.2) is 22.4 Å². The van der Waals surface area contributed by atoms with Crippen LogP contribution in [0.4, 0.5) is 5.82 Å². The molecule has 0 unspecified atom stereocenters. The maximum Gasteiger partial charge on any atom is 0.338 e. The number of anilines is 1. The number of benzene rings is 2. The minimum Gasteiger partial charge on any atom is -0.463 e. The van der Waals surface area contributed by atoms with E-state index in [0.717, 1.165) is 22.6 Å². The van der Waals surface area contributed by atoms with Gasteiger partial charge in [-0.2, -0.15) is 5.10 Å². The molecule has 4 rings (SSSR count). The van der Waals surface area contributed by atoms with Crippen LogP contribution in [-0.2, 0) is 9.53 Å². The van der Waals surface area contributed by atoms with Crippen LogP contribution in [0.25, 0.3) is 11.3 Å². The molecule has 0 aliphatic carbocycles. The number of esters is 1. The fourth-order valence-corrected chi connectivity index (χ4v) is 3.29. The summed E-state index contributed by atoms with van der Waals surface area (Å²) in [7, 11) is 0. The van der Waals surface area contributed by atoms with Crippen molar-refractivity contribution in [2.45, 2.75) is 13.0 Å². The van der Waals surface area contributed by atoms with Crippen LogP contribution in [0.1, 0.15) is 18.5 Å². The van der Waals surface area contributed by atoms with Gasteiger partial charge in [0.25, 0.3) is 0 Å². The number of ether oxygens (including phenoxy) is 1. The molecule has 0 fully saturated rings. The van der Waals surface area contributed by atoms with E-state index in [0.29, 0.717) is 17.2 Å². The Labute approximate surface area is 162 Å². The third-order valence-electron chi connectivity index (χ3n) is 4.42. The fourth-order valence-electron chi connectivity index (χ4n) is 3.16.